The average molecular weight is 376 g/mol. The van der Waals surface area contributed by atoms with Gasteiger partial charge in [0.05, 0.1) is 0 Å². The van der Waals surface area contributed by atoms with Gasteiger partial charge in [0.1, 0.15) is 0 Å². The predicted octanol–water partition coefficient (Wildman–Crippen LogP) is 1.29. The van der Waals surface area contributed by atoms with Gasteiger partial charge in [-0.2, -0.15) is 0 Å². The van der Waals surface area contributed by atoms with Crippen molar-refractivity contribution in [2.45, 2.75) is 50.4 Å². The molecule has 2 N–H and O–H groups in total. The highest BCUT2D eigenvalue weighted by atomic mass is 32.2. The summed E-state index contributed by atoms with van der Waals surface area (Å²) in [6, 6.07) is 0.185. The zero-order chi connectivity index (χ0) is 17.7. The molecule has 2 heterocycles. The predicted molar refractivity (Wildman–Crippen MR) is 93.5 cm³/mol. The van der Waals surface area contributed by atoms with Crippen molar-refractivity contribution < 1.29 is 13.2 Å². The summed E-state index contributed by atoms with van der Waals surface area (Å²) >= 11 is 0.848. The standard InChI is InChI=1S/C14H25N5O3S2/c1-10(2)8-12(19-6-4-5-7-19)9-15-24(21,22)14-18-17-13(23-14)16-11(3)20/h10,12,15H,4-9H2,1-3H3,(H,16,17,20). The van der Waals surface area contributed by atoms with E-state index in [0.29, 0.717) is 12.5 Å². The first-order valence-electron chi connectivity index (χ1n) is 8.12. The quantitative estimate of drug-likeness (QED) is 0.664. The van der Waals surface area contributed by atoms with Crippen molar-refractivity contribution in [3.05, 3.63) is 0 Å². The minimum absolute atomic E-state index is 0.129. The molecule has 1 aliphatic rings. The first-order valence-corrected chi connectivity index (χ1v) is 10.4. The zero-order valence-electron chi connectivity index (χ0n) is 14.3. The number of hydrogen-bond donors (Lipinski definition) is 2. The van der Waals surface area contributed by atoms with E-state index in [1.54, 1.807) is 0 Å². The number of nitrogens with zero attached hydrogens (tertiary/aromatic N) is 3. The van der Waals surface area contributed by atoms with Crippen LogP contribution in [0.1, 0.15) is 40.0 Å². The second kappa shape index (κ2) is 8.32. The maximum Gasteiger partial charge on any atom is 0.269 e. The largest absolute Gasteiger partial charge is 0.301 e. The Labute approximate surface area is 147 Å². The molecule has 1 fully saturated rings. The van der Waals surface area contributed by atoms with Crippen molar-refractivity contribution >= 4 is 32.4 Å². The highest BCUT2D eigenvalue weighted by Crippen LogP contribution is 2.21. The van der Waals surface area contributed by atoms with Crippen molar-refractivity contribution in [1.82, 2.24) is 19.8 Å². The molecule has 1 aliphatic heterocycles. The molecule has 136 valence electrons. The Hall–Kier alpha value is -1.10. The average Bonchev–Trinajstić information content (AvgIpc) is 3.13. The minimum atomic E-state index is -3.72. The number of likely N-dealkylation sites (tertiary alicyclic amines) is 1. The molecule has 0 aromatic carbocycles. The number of rotatable bonds is 8. The third kappa shape index (κ3) is 5.47. The van der Waals surface area contributed by atoms with Crippen LogP contribution in [-0.2, 0) is 14.8 Å². The van der Waals surface area contributed by atoms with Crippen LogP contribution in [0.4, 0.5) is 5.13 Å². The smallest absolute Gasteiger partial charge is 0.269 e. The molecule has 10 heteroatoms. The van der Waals surface area contributed by atoms with E-state index in [-0.39, 0.29) is 21.4 Å². The van der Waals surface area contributed by atoms with E-state index in [1.165, 1.54) is 6.92 Å². The SMILES string of the molecule is CC(=O)Nc1nnc(S(=O)(=O)NCC(CC(C)C)N2CCCC2)s1. The number of anilines is 1. The molecule has 8 nitrogen and oxygen atoms in total. The van der Waals surface area contributed by atoms with Crippen LogP contribution >= 0.6 is 11.3 Å². The van der Waals surface area contributed by atoms with Crippen molar-refractivity contribution in [3.8, 4) is 0 Å². The summed E-state index contributed by atoms with van der Waals surface area (Å²) in [5.41, 5.74) is 0. The van der Waals surface area contributed by atoms with Crippen LogP contribution in [0.25, 0.3) is 0 Å². The number of sulfonamides is 1. The number of aromatic nitrogens is 2. The fraction of sp³-hybridized carbons (Fsp3) is 0.786. The van der Waals surface area contributed by atoms with E-state index in [9.17, 15) is 13.2 Å². The molecule has 0 radical (unpaired) electrons. The fourth-order valence-corrected chi connectivity index (χ4v) is 4.86. The Morgan fingerprint density at radius 3 is 2.54 bits per heavy atom. The summed E-state index contributed by atoms with van der Waals surface area (Å²) in [4.78, 5) is 13.3. The van der Waals surface area contributed by atoms with Crippen molar-refractivity contribution in [2.24, 2.45) is 5.92 Å². The molecule has 0 aliphatic carbocycles. The molecule has 0 bridgehead atoms. The van der Waals surface area contributed by atoms with E-state index in [2.05, 4.69) is 39.0 Å². The Kier molecular flexibility index (Phi) is 6.67. The van der Waals surface area contributed by atoms with Gasteiger partial charge in [-0.25, -0.2) is 13.1 Å². The molecular weight excluding hydrogens is 350 g/mol. The topological polar surface area (TPSA) is 104 Å². The van der Waals surface area contributed by atoms with E-state index < -0.39 is 10.0 Å². The van der Waals surface area contributed by atoms with Crippen LogP contribution in [0.2, 0.25) is 0 Å². The molecular formula is C14H25N5O3S2. The van der Waals surface area contributed by atoms with Crippen molar-refractivity contribution in [3.63, 3.8) is 0 Å². The van der Waals surface area contributed by atoms with Gasteiger partial charge in [0.15, 0.2) is 0 Å². The van der Waals surface area contributed by atoms with E-state index in [1.807, 2.05) is 0 Å². The van der Waals surface area contributed by atoms with Gasteiger partial charge in [-0.05, 0) is 38.3 Å². The highest BCUT2D eigenvalue weighted by molar-refractivity contribution is 7.91. The van der Waals surface area contributed by atoms with Gasteiger partial charge in [-0.3, -0.25) is 9.69 Å². The molecule has 2 rings (SSSR count). The first kappa shape index (κ1) is 19.2. The number of amides is 1. The van der Waals surface area contributed by atoms with Gasteiger partial charge >= 0.3 is 0 Å². The lowest BCUT2D eigenvalue weighted by Gasteiger charge is -2.28. The molecule has 1 amide bonds. The molecule has 1 atom stereocenters. The summed E-state index contributed by atoms with van der Waals surface area (Å²) in [5.74, 6) is 0.182. The third-order valence-electron chi connectivity index (χ3n) is 3.83. The van der Waals surface area contributed by atoms with E-state index in [0.717, 1.165) is 43.7 Å². The maximum absolute atomic E-state index is 12.4. The summed E-state index contributed by atoms with van der Waals surface area (Å²) in [7, 11) is -3.72. The summed E-state index contributed by atoms with van der Waals surface area (Å²) in [6.45, 7) is 8.01. The number of carbonyl (C=O) groups excluding carboxylic acids is 1. The Bertz CT molecular complexity index is 653. The van der Waals surface area contributed by atoms with Gasteiger partial charge in [0.2, 0.25) is 15.4 Å². The normalized spacial score (nSPS) is 17.3. The maximum atomic E-state index is 12.4. The number of hydrogen-bond acceptors (Lipinski definition) is 7. The molecule has 1 saturated heterocycles. The van der Waals surface area contributed by atoms with Gasteiger partial charge in [0, 0.05) is 19.5 Å². The Morgan fingerprint density at radius 1 is 1.29 bits per heavy atom. The van der Waals surface area contributed by atoms with E-state index in [4.69, 9.17) is 0 Å². The van der Waals surface area contributed by atoms with Crippen LogP contribution in [0.3, 0.4) is 0 Å². The number of carbonyl (C=O) groups is 1. The van der Waals surface area contributed by atoms with Crippen LogP contribution in [0.15, 0.2) is 4.34 Å². The second-order valence-corrected chi connectivity index (χ2v) is 9.35. The van der Waals surface area contributed by atoms with Gasteiger partial charge < -0.3 is 5.32 Å². The second-order valence-electron chi connectivity index (χ2n) is 6.43. The Balaban J connectivity index is 2.01. The number of nitrogens with one attached hydrogen (secondary N) is 2. The molecule has 1 aromatic rings. The van der Waals surface area contributed by atoms with Gasteiger partial charge in [-0.15, -0.1) is 10.2 Å². The fourth-order valence-electron chi connectivity index (χ4n) is 2.80. The molecule has 1 unspecified atom stereocenters. The molecule has 1 aromatic heterocycles. The van der Waals surface area contributed by atoms with Crippen LogP contribution in [0, 0.1) is 5.92 Å². The minimum Gasteiger partial charge on any atom is -0.301 e. The Morgan fingerprint density at radius 2 is 1.96 bits per heavy atom. The zero-order valence-corrected chi connectivity index (χ0v) is 15.9. The molecule has 0 saturated carbocycles. The first-order chi connectivity index (χ1) is 11.3. The molecule has 0 spiro atoms. The summed E-state index contributed by atoms with van der Waals surface area (Å²) in [6.07, 6.45) is 3.27. The summed E-state index contributed by atoms with van der Waals surface area (Å²) in [5, 5.41) is 9.97. The van der Waals surface area contributed by atoms with Gasteiger partial charge in [-0.1, -0.05) is 25.2 Å². The third-order valence-corrected chi connectivity index (χ3v) is 6.46. The lowest BCUT2D eigenvalue weighted by molar-refractivity contribution is -0.114. The van der Waals surface area contributed by atoms with Gasteiger partial charge in [0.25, 0.3) is 10.0 Å². The highest BCUT2D eigenvalue weighted by Gasteiger charge is 2.26. The van der Waals surface area contributed by atoms with E-state index >= 15 is 0 Å². The molecule has 24 heavy (non-hydrogen) atoms. The van der Waals surface area contributed by atoms with Crippen LogP contribution in [-0.4, -0.2) is 55.1 Å². The summed E-state index contributed by atoms with van der Waals surface area (Å²) < 4.78 is 27.3. The lowest BCUT2D eigenvalue weighted by Crippen LogP contribution is -2.43. The van der Waals surface area contributed by atoms with Crippen molar-refractivity contribution in [1.29, 1.82) is 0 Å². The monoisotopic (exact) mass is 375 g/mol. The van der Waals surface area contributed by atoms with Crippen molar-refractivity contribution in [2.75, 3.05) is 25.0 Å². The lowest BCUT2D eigenvalue weighted by atomic mass is 10.0. The van der Waals surface area contributed by atoms with Crippen LogP contribution < -0.4 is 10.0 Å². The van der Waals surface area contributed by atoms with Crippen LogP contribution in [0.5, 0.6) is 0 Å².